The fourth-order valence-corrected chi connectivity index (χ4v) is 1.78. The number of hydrogen-bond donors (Lipinski definition) is 1. The molecule has 14 heavy (non-hydrogen) atoms. The van der Waals surface area contributed by atoms with Crippen molar-refractivity contribution in [3.8, 4) is 0 Å². The molecule has 0 aliphatic carbocycles. The lowest BCUT2D eigenvalue weighted by Gasteiger charge is -2.10. The molecule has 76 valence electrons. The summed E-state index contributed by atoms with van der Waals surface area (Å²) in [4.78, 5) is 12.8. The second-order valence-corrected chi connectivity index (χ2v) is 3.72. The van der Waals surface area contributed by atoms with Crippen LogP contribution < -0.4 is 0 Å². The quantitative estimate of drug-likeness (QED) is 0.744. The Hall–Kier alpha value is -1.36. The van der Waals surface area contributed by atoms with Crippen molar-refractivity contribution in [2.45, 2.75) is 12.5 Å². The molecule has 0 radical (unpaired) electrons. The number of likely N-dealkylation sites (tertiary alicyclic amines) is 1. The first-order valence-corrected chi connectivity index (χ1v) is 4.63. The fourth-order valence-electron chi connectivity index (χ4n) is 1.78. The molecule has 0 amide bonds. The van der Waals surface area contributed by atoms with Gasteiger partial charge in [-0.3, -0.25) is 4.68 Å². The number of carbonyl (C=O) groups is 1. The van der Waals surface area contributed by atoms with E-state index < -0.39 is 5.97 Å². The van der Waals surface area contributed by atoms with Crippen molar-refractivity contribution in [2.75, 3.05) is 20.1 Å². The maximum Gasteiger partial charge on any atom is 0.338 e. The summed E-state index contributed by atoms with van der Waals surface area (Å²) in [5, 5.41) is 12.8. The van der Waals surface area contributed by atoms with Gasteiger partial charge in [-0.25, -0.2) is 4.79 Å². The Morgan fingerprint density at radius 2 is 2.50 bits per heavy atom. The summed E-state index contributed by atoms with van der Waals surface area (Å²) >= 11 is 0. The van der Waals surface area contributed by atoms with Crippen LogP contribution >= 0.6 is 0 Å². The van der Waals surface area contributed by atoms with E-state index in [2.05, 4.69) is 17.0 Å². The molecule has 5 nitrogen and oxygen atoms in total. The van der Waals surface area contributed by atoms with Crippen LogP contribution in [0.3, 0.4) is 0 Å². The standard InChI is InChI=1S/C9H13N3O2/c1-11-3-2-8(6-11)12-5-7(4-10-12)9(13)14/h4-5,8H,2-3,6H2,1H3,(H,13,14)/t8-/m1/s1. The van der Waals surface area contributed by atoms with Gasteiger partial charge in [-0.15, -0.1) is 0 Å². The number of rotatable bonds is 2. The SMILES string of the molecule is CN1CC[C@@H](n2cc(C(=O)O)cn2)C1. The van der Waals surface area contributed by atoms with Crippen LogP contribution in [0.1, 0.15) is 22.8 Å². The zero-order valence-electron chi connectivity index (χ0n) is 8.05. The predicted octanol–water partition coefficient (Wildman–Crippen LogP) is 0.458. The first-order valence-electron chi connectivity index (χ1n) is 4.63. The highest BCUT2D eigenvalue weighted by Gasteiger charge is 2.22. The third-order valence-electron chi connectivity index (χ3n) is 2.59. The van der Waals surface area contributed by atoms with E-state index in [0.717, 1.165) is 19.5 Å². The summed E-state index contributed by atoms with van der Waals surface area (Å²) in [6, 6.07) is 0.327. The van der Waals surface area contributed by atoms with Crippen LogP contribution in [0.25, 0.3) is 0 Å². The monoisotopic (exact) mass is 195 g/mol. The van der Waals surface area contributed by atoms with Crippen molar-refractivity contribution in [1.29, 1.82) is 0 Å². The molecular weight excluding hydrogens is 182 g/mol. The number of aromatic nitrogens is 2. The van der Waals surface area contributed by atoms with Gasteiger partial charge in [0.2, 0.25) is 0 Å². The smallest absolute Gasteiger partial charge is 0.338 e. The van der Waals surface area contributed by atoms with E-state index in [1.54, 1.807) is 10.9 Å². The topological polar surface area (TPSA) is 58.4 Å². The normalized spacial score (nSPS) is 22.8. The third-order valence-corrected chi connectivity index (χ3v) is 2.59. The molecule has 0 saturated carbocycles. The second-order valence-electron chi connectivity index (χ2n) is 3.72. The van der Waals surface area contributed by atoms with Crippen LogP contribution in [0.4, 0.5) is 0 Å². The molecule has 0 bridgehead atoms. The summed E-state index contributed by atoms with van der Waals surface area (Å²) in [5.41, 5.74) is 0.263. The molecule has 1 N–H and O–H groups in total. The largest absolute Gasteiger partial charge is 0.478 e. The van der Waals surface area contributed by atoms with Gasteiger partial charge in [0, 0.05) is 12.7 Å². The van der Waals surface area contributed by atoms with Crippen molar-refractivity contribution in [2.24, 2.45) is 0 Å². The van der Waals surface area contributed by atoms with Crippen molar-refractivity contribution in [1.82, 2.24) is 14.7 Å². The number of aromatic carboxylic acids is 1. The van der Waals surface area contributed by atoms with E-state index in [9.17, 15) is 4.79 Å². The summed E-state index contributed by atoms with van der Waals surface area (Å²) in [5.74, 6) is -0.914. The third kappa shape index (κ3) is 1.63. The molecule has 1 saturated heterocycles. The molecule has 2 heterocycles. The minimum absolute atomic E-state index is 0.263. The van der Waals surface area contributed by atoms with E-state index in [1.807, 2.05) is 0 Å². The van der Waals surface area contributed by atoms with Crippen LogP contribution in [-0.2, 0) is 0 Å². The Morgan fingerprint density at radius 1 is 1.71 bits per heavy atom. The Bertz CT molecular complexity index is 348. The average Bonchev–Trinajstić information content (AvgIpc) is 2.70. The van der Waals surface area contributed by atoms with E-state index in [1.165, 1.54) is 6.20 Å². The molecule has 1 atom stereocenters. The summed E-state index contributed by atoms with van der Waals surface area (Å²) in [7, 11) is 2.06. The van der Waals surface area contributed by atoms with Gasteiger partial charge in [0.1, 0.15) is 0 Å². The van der Waals surface area contributed by atoms with Crippen molar-refractivity contribution in [3.05, 3.63) is 18.0 Å². The molecule has 1 aliphatic rings. The zero-order valence-corrected chi connectivity index (χ0v) is 8.05. The molecule has 1 aliphatic heterocycles. The molecule has 5 heteroatoms. The molecule has 0 spiro atoms. The molecule has 0 aromatic carbocycles. The number of carboxylic acid groups (broad SMARTS) is 1. The lowest BCUT2D eigenvalue weighted by Crippen LogP contribution is -2.16. The van der Waals surface area contributed by atoms with Crippen LogP contribution in [-0.4, -0.2) is 45.9 Å². The fraction of sp³-hybridized carbons (Fsp3) is 0.556. The van der Waals surface area contributed by atoms with E-state index in [-0.39, 0.29) is 5.56 Å². The Labute approximate surface area is 81.9 Å². The molecule has 0 unspecified atom stereocenters. The van der Waals surface area contributed by atoms with Crippen molar-refractivity contribution >= 4 is 5.97 Å². The number of nitrogens with zero attached hydrogens (tertiary/aromatic N) is 3. The van der Waals surface area contributed by atoms with Gasteiger partial charge in [0.05, 0.1) is 17.8 Å². The molecule has 1 aromatic rings. The van der Waals surface area contributed by atoms with Crippen LogP contribution in [0.5, 0.6) is 0 Å². The van der Waals surface area contributed by atoms with E-state index in [4.69, 9.17) is 5.11 Å². The van der Waals surface area contributed by atoms with Gasteiger partial charge in [-0.2, -0.15) is 5.10 Å². The molecule has 1 fully saturated rings. The maximum absolute atomic E-state index is 10.6. The Morgan fingerprint density at radius 3 is 3.00 bits per heavy atom. The summed E-state index contributed by atoms with van der Waals surface area (Å²) in [6.07, 6.45) is 4.05. The lowest BCUT2D eigenvalue weighted by molar-refractivity contribution is 0.0696. The highest BCUT2D eigenvalue weighted by molar-refractivity contribution is 5.86. The molecule has 2 rings (SSSR count). The Kier molecular flexibility index (Phi) is 2.25. The van der Waals surface area contributed by atoms with Crippen molar-refractivity contribution < 1.29 is 9.90 Å². The molecular formula is C9H13N3O2. The maximum atomic E-state index is 10.6. The summed E-state index contributed by atoms with van der Waals surface area (Å²) in [6.45, 7) is 1.99. The number of likely N-dealkylation sites (N-methyl/N-ethyl adjacent to an activating group) is 1. The zero-order chi connectivity index (χ0) is 10.1. The van der Waals surface area contributed by atoms with Crippen LogP contribution in [0, 0.1) is 0 Å². The van der Waals surface area contributed by atoms with Gasteiger partial charge in [-0.1, -0.05) is 0 Å². The molecule has 1 aromatic heterocycles. The van der Waals surface area contributed by atoms with Gasteiger partial charge in [0.25, 0.3) is 0 Å². The lowest BCUT2D eigenvalue weighted by atomic mass is 10.3. The predicted molar refractivity (Wildman–Crippen MR) is 50.3 cm³/mol. The number of hydrogen-bond acceptors (Lipinski definition) is 3. The van der Waals surface area contributed by atoms with E-state index in [0.29, 0.717) is 6.04 Å². The van der Waals surface area contributed by atoms with Gasteiger partial charge < -0.3 is 10.0 Å². The van der Waals surface area contributed by atoms with Crippen LogP contribution in [0.15, 0.2) is 12.4 Å². The minimum atomic E-state index is -0.914. The average molecular weight is 195 g/mol. The highest BCUT2D eigenvalue weighted by Crippen LogP contribution is 2.19. The van der Waals surface area contributed by atoms with Gasteiger partial charge in [0.15, 0.2) is 0 Å². The van der Waals surface area contributed by atoms with E-state index >= 15 is 0 Å². The first kappa shape index (κ1) is 9.21. The van der Waals surface area contributed by atoms with Crippen molar-refractivity contribution in [3.63, 3.8) is 0 Å². The summed E-state index contributed by atoms with van der Waals surface area (Å²) < 4.78 is 1.76. The van der Waals surface area contributed by atoms with Gasteiger partial charge >= 0.3 is 5.97 Å². The van der Waals surface area contributed by atoms with Gasteiger partial charge in [-0.05, 0) is 20.0 Å². The Balaban J connectivity index is 2.13. The second kappa shape index (κ2) is 3.42. The highest BCUT2D eigenvalue weighted by atomic mass is 16.4. The first-order chi connectivity index (χ1) is 6.66. The number of carboxylic acids is 1. The van der Waals surface area contributed by atoms with Crippen LogP contribution in [0.2, 0.25) is 0 Å². The minimum Gasteiger partial charge on any atom is -0.478 e.